The van der Waals surface area contributed by atoms with E-state index in [1.165, 1.54) is 18.2 Å². The van der Waals surface area contributed by atoms with Crippen molar-refractivity contribution in [2.24, 2.45) is 0 Å². The number of Topliss-reactive ketones (excluding diaryl/α,β-unsaturated/α-hetero) is 1. The molecule has 7 heteroatoms. The van der Waals surface area contributed by atoms with Gasteiger partial charge in [-0.05, 0) is 30.2 Å². The van der Waals surface area contributed by atoms with E-state index in [1.807, 2.05) is 25.1 Å². The molecule has 2 heterocycles. The summed E-state index contributed by atoms with van der Waals surface area (Å²) in [4.78, 5) is 34.9. The Morgan fingerprint density at radius 2 is 1.73 bits per heavy atom. The number of aromatic nitrogens is 2. The molecule has 164 valence electrons. The van der Waals surface area contributed by atoms with E-state index < -0.39 is 23.5 Å². The number of halogens is 1. The summed E-state index contributed by atoms with van der Waals surface area (Å²) in [5.74, 6) is -2.65. The zero-order valence-corrected chi connectivity index (χ0v) is 17.7. The predicted molar refractivity (Wildman–Crippen MR) is 123 cm³/mol. The van der Waals surface area contributed by atoms with Gasteiger partial charge < -0.3 is 10.1 Å². The molecule has 1 aliphatic heterocycles. The maximum atomic E-state index is 14.9. The Morgan fingerprint density at radius 1 is 1.03 bits per heavy atom. The number of rotatable bonds is 4. The molecular formula is C26H20FN3O3. The van der Waals surface area contributed by atoms with Gasteiger partial charge in [-0.15, -0.1) is 0 Å². The molecule has 0 aliphatic carbocycles. The molecule has 0 bridgehead atoms. The SMILES string of the molecule is CCc1ccc(/C(O)=C2\C(=O)C(=O)N(c3nc4ccccc4[nH]3)C2c2ccccc2F)cc1. The normalized spacial score (nSPS) is 17.8. The number of benzene rings is 3. The summed E-state index contributed by atoms with van der Waals surface area (Å²) in [6.45, 7) is 2.01. The summed E-state index contributed by atoms with van der Waals surface area (Å²) in [6, 6.07) is 18.9. The van der Waals surface area contributed by atoms with E-state index in [9.17, 15) is 19.1 Å². The highest BCUT2D eigenvalue weighted by molar-refractivity contribution is 6.51. The minimum atomic E-state index is -1.18. The third kappa shape index (κ3) is 3.38. The average Bonchev–Trinajstić information content (AvgIpc) is 3.37. The summed E-state index contributed by atoms with van der Waals surface area (Å²) >= 11 is 0. The number of aromatic amines is 1. The van der Waals surface area contributed by atoms with Gasteiger partial charge in [-0.2, -0.15) is 0 Å². The summed E-state index contributed by atoms with van der Waals surface area (Å²) in [5, 5.41) is 11.1. The van der Waals surface area contributed by atoms with Gasteiger partial charge in [0.1, 0.15) is 17.6 Å². The average molecular weight is 441 g/mol. The second-order valence-electron chi connectivity index (χ2n) is 7.82. The van der Waals surface area contributed by atoms with Crippen LogP contribution in [0.4, 0.5) is 10.3 Å². The number of anilines is 1. The molecule has 1 aromatic heterocycles. The largest absolute Gasteiger partial charge is 0.507 e. The molecule has 4 aromatic rings. The lowest BCUT2D eigenvalue weighted by Gasteiger charge is -2.23. The van der Waals surface area contributed by atoms with Crippen molar-refractivity contribution in [1.29, 1.82) is 0 Å². The summed E-state index contributed by atoms with van der Waals surface area (Å²) < 4.78 is 14.9. The van der Waals surface area contributed by atoms with Crippen LogP contribution < -0.4 is 4.90 Å². The number of nitrogens with zero attached hydrogens (tertiary/aromatic N) is 2. The number of nitrogens with one attached hydrogen (secondary N) is 1. The van der Waals surface area contributed by atoms with Gasteiger partial charge in [-0.25, -0.2) is 9.37 Å². The number of carbonyl (C=O) groups excluding carboxylic acids is 2. The molecule has 2 N–H and O–H groups in total. The first-order chi connectivity index (χ1) is 16.0. The highest BCUT2D eigenvalue weighted by Gasteiger charge is 2.49. The molecule has 3 aromatic carbocycles. The van der Waals surface area contributed by atoms with Gasteiger partial charge in [0.05, 0.1) is 16.6 Å². The van der Waals surface area contributed by atoms with Crippen molar-refractivity contribution in [2.45, 2.75) is 19.4 Å². The Kier molecular flexibility index (Phi) is 5.01. The summed E-state index contributed by atoms with van der Waals surface area (Å²) in [5.41, 5.74) is 2.59. The fraction of sp³-hybridized carbons (Fsp3) is 0.115. The Hall–Kier alpha value is -4.26. The topological polar surface area (TPSA) is 86.3 Å². The molecule has 1 fully saturated rings. The van der Waals surface area contributed by atoms with Crippen LogP contribution in [-0.2, 0) is 16.0 Å². The Morgan fingerprint density at radius 3 is 2.42 bits per heavy atom. The van der Waals surface area contributed by atoms with Crippen molar-refractivity contribution in [1.82, 2.24) is 9.97 Å². The van der Waals surface area contributed by atoms with E-state index in [1.54, 1.807) is 36.4 Å². The highest BCUT2D eigenvalue weighted by atomic mass is 19.1. The van der Waals surface area contributed by atoms with E-state index in [4.69, 9.17) is 0 Å². The van der Waals surface area contributed by atoms with Crippen LogP contribution >= 0.6 is 0 Å². The number of imidazole rings is 1. The quantitative estimate of drug-likeness (QED) is 0.268. The van der Waals surface area contributed by atoms with E-state index in [0.29, 0.717) is 16.6 Å². The second-order valence-corrected chi connectivity index (χ2v) is 7.82. The van der Waals surface area contributed by atoms with Crippen LogP contribution in [0.25, 0.3) is 16.8 Å². The summed E-state index contributed by atoms with van der Waals surface area (Å²) in [7, 11) is 0. The van der Waals surface area contributed by atoms with Crippen LogP contribution in [0.5, 0.6) is 0 Å². The Labute approximate surface area is 189 Å². The zero-order chi connectivity index (χ0) is 23.1. The number of fused-ring (bicyclic) bond motifs is 1. The van der Waals surface area contributed by atoms with Gasteiger partial charge in [-0.3, -0.25) is 14.5 Å². The Bertz CT molecular complexity index is 1390. The highest BCUT2D eigenvalue weighted by Crippen LogP contribution is 2.42. The number of hydrogen-bond acceptors (Lipinski definition) is 4. The molecule has 6 nitrogen and oxygen atoms in total. The van der Waals surface area contributed by atoms with Crippen LogP contribution in [0.3, 0.4) is 0 Å². The molecule has 0 radical (unpaired) electrons. The number of carbonyl (C=O) groups is 2. The smallest absolute Gasteiger partial charge is 0.302 e. The third-order valence-corrected chi connectivity index (χ3v) is 5.88. The van der Waals surface area contributed by atoms with Gasteiger partial charge in [0.2, 0.25) is 5.95 Å². The number of aryl methyl sites for hydroxylation is 1. The number of para-hydroxylation sites is 2. The summed E-state index contributed by atoms with van der Waals surface area (Å²) in [6.07, 6.45) is 0.812. The van der Waals surface area contributed by atoms with Crippen molar-refractivity contribution in [2.75, 3.05) is 4.90 Å². The van der Waals surface area contributed by atoms with E-state index in [-0.39, 0.29) is 22.8 Å². The fourth-order valence-corrected chi connectivity index (χ4v) is 4.15. The number of aliphatic hydroxyl groups is 1. The molecule has 0 spiro atoms. The third-order valence-electron chi connectivity index (χ3n) is 5.88. The second kappa shape index (κ2) is 8.02. The molecule has 1 amide bonds. The van der Waals surface area contributed by atoms with Crippen LogP contribution in [0.2, 0.25) is 0 Å². The first-order valence-corrected chi connectivity index (χ1v) is 10.6. The van der Waals surface area contributed by atoms with Crippen LogP contribution in [-0.4, -0.2) is 26.8 Å². The van der Waals surface area contributed by atoms with Crippen LogP contribution in [0, 0.1) is 5.82 Å². The molecule has 33 heavy (non-hydrogen) atoms. The molecule has 5 rings (SSSR count). The van der Waals surface area contributed by atoms with Crippen molar-refractivity contribution in [3.8, 4) is 0 Å². The van der Waals surface area contributed by atoms with Crippen molar-refractivity contribution in [3.63, 3.8) is 0 Å². The van der Waals surface area contributed by atoms with Gasteiger partial charge in [0.15, 0.2) is 0 Å². The van der Waals surface area contributed by atoms with Gasteiger partial charge in [0.25, 0.3) is 5.78 Å². The molecule has 1 atom stereocenters. The molecule has 1 aliphatic rings. The van der Waals surface area contributed by atoms with Crippen molar-refractivity contribution >= 4 is 34.4 Å². The lowest BCUT2D eigenvalue weighted by atomic mass is 9.94. The lowest BCUT2D eigenvalue weighted by molar-refractivity contribution is -0.132. The van der Waals surface area contributed by atoms with Gasteiger partial charge >= 0.3 is 5.91 Å². The predicted octanol–water partition coefficient (Wildman–Crippen LogP) is 4.89. The molecule has 1 unspecified atom stereocenters. The van der Waals surface area contributed by atoms with E-state index in [2.05, 4.69) is 9.97 Å². The maximum Gasteiger partial charge on any atom is 0.302 e. The first kappa shape index (κ1) is 20.6. The van der Waals surface area contributed by atoms with E-state index in [0.717, 1.165) is 16.9 Å². The monoisotopic (exact) mass is 441 g/mol. The van der Waals surface area contributed by atoms with E-state index >= 15 is 0 Å². The van der Waals surface area contributed by atoms with Crippen molar-refractivity contribution < 1.29 is 19.1 Å². The van der Waals surface area contributed by atoms with Crippen LogP contribution in [0.15, 0.2) is 78.4 Å². The fourth-order valence-electron chi connectivity index (χ4n) is 4.15. The number of hydrogen-bond donors (Lipinski definition) is 2. The molecular weight excluding hydrogens is 421 g/mol. The number of ketones is 1. The number of aliphatic hydroxyl groups excluding tert-OH is 1. The zero-order valence-electron chi connectivity index (χ0n) is 17.7. The minimum absolute atomic E-state index is 0.0869. The number of amides is 1. The first-order valence-electron chi connectivity index (χ1n) is 10.6. The minimum Gasteiger partial charge on any atom is -0.507 e. The standard InChI is InChI=1S/C26H20FN3O3/c1-2-15-11-13-16(14-12-15)23(31)21-22(17-7-3-4-8-18(17)27)30(25(33)24(21)32)26-28-19-9-5-6-10-20(19)29-26/h3-14,22,31H,2H2,1H3,(H,28,29)/b23-21+. The van der Waals surface area contributed by atoms with Crippen LogP contribution in [0.1, 0.15) is 29.7 Å². The Balaban J connectivity index is 1.73. The molecule has 1 saturated heterocycles. The lowest BCUT2D eigenvalue weighted by Crippen LogP contribution is -2.30. The number of H-pyrrole nitrogens is 1. The maximum absolute atomic E-state index is 14.9. The molecule has 0 saturated carbocycles. The van der Waals surface area contributed by atoms with Gasteiger partial charge in [-0.1, -0.05) is 61.5 Å². The van der Waals surface area contributed by atoms with Gasteiger partial charge in [0, 0.05) is 11.1 Å². The van der Waals surface area contributed by atoms with Crippen molar-refractivity contribution in [3.05, 3.63) is 101 Å².